The van der Waals surface area contributed by atoms with Crippen molar-refractivity contribution in [2.24, 2.45) is 0 Å². The average molecular weight is 242 g/mol. The third kappa shape index (κ3) is 2.46. The first-order valence-electron chi connectivity index (χ1n) is 5.47. The predicted octanol–water partition coefficient (Wildman–Crippen LogP) is 2.28. The molecule has 18 heavy (non-hydrogen) atoms. The standard InChI is InChI=1S/C14H11FN2O/c1-9-5-12(17-14(18)13(9)8-16)7-10-3-2-4-11(15)6-10/h2-6H,7H2,1H3,(H,17,18). The minimum Gasteiger partial charge on any atom is -0.325 e. The van der Waals surface area contributed by atoms with Gasteiger partial charge in [0, 0.05) is 12.1 Å². The third-order valence-corrected chi connectivity index (χ3v) is 2.68. The number of hydrogen-bond donors (Lipinski definition) is 1. The highest BCUT2D eigenvalue weighted by Gasteiger charge is 2.06. The number of aromatic amines is 1. The summed E-state index contributed by atoms with van der Waals surface area (Å²) in [4.78, 5) is 14.2. The average Bonchev–Trinajstić information content (AvgIpc) is 2.28. The van der Waals surface area contributed by atoms with Gasteiger partial charge in [0.25, 0.3) is 5.56 Å². The molecule has 90 valence electrons. The van der Waals surface area contributed by atoms with Crippen molar-refractivity contribution < 1.29 is 4.39 Å². The fourth-order valence-corrected chi connectivity index (χ4v) is 1.86. The van der Waals surface area contributed by atoms with E-state index < -0.39 is 5.56 Å². The molecule has 0 spiro atoms. The number of nitrogens with zero attached hydrogens (tertiary/aromatic N) is 1. The molecule has 0 amide bonds. The molecule has 0 fully saturated rings. The molecular weight excluding hydrogens is 231 g/mol. The molecule has 0 saturated carbocycles. The first-order valence-corrected chi connectivity index (χ1v) is 5.47. The number of benzene rings is 1. The Balaban J connectivity index is 2.37. The van der Waals surface area contributed by atoms with Crippen molar-refractivity contribution in [3.05, 3.63) is 68.9 Å². The molecule has 0 saturated heterocycles. The van der Waals surface area contributed by atoms with Crippen molar-refractivity contribution in [1.82, 2.24) is 4.98 Å². The number of nitrogens with one attached hydrogen (secondary N) is 1. The Labute approximate surface area is 104 Å². The van der Waals surface area contributed by atoms with Gasteiger partial charge in [-0.15, -0.1) is 0 Å². The van der Waals surface area contributed by atoms with Gasteiger partial charge in [-0.1, -0.05) is 12.1 Å². The summed E-state index contributed by atoms with van der Waals surface area (Å²) in [5, 5.41) is 8.80. The third-order valence-electron chi connectivity index (χ3n) is 2.68. The summed E-state index contributed by atoms with van der Waals surface area (Å²) in [6.07, 6.45) is 0.430. The number of hydrogen-bond acceptors (Lipinski definition) is 2. The molecule has 3 nitrogen and oxygen atoms in total. The number of halogens is 1. The Kier molecular flexibility index (Phi) is 3.24. The topological polar surface area (TPSA) is 56.6 Å². The van der Waals surface area contributed by atoms with Crippen molar-refractivity contribution in [1.29, 1.82) is 5.26 Å². The molecule has 1 N–H and O–H groups in total. The second kappa shape index (κ2) is 4.84. The maximum atomic E-state index is 13.0. The quantitative estimate of drug-likeness (QED) is 0.878. The maximum absolute atomic E-state index is 13.0. The summed E-state index contributed by atoms with van der Waals surface area (Å²) in [6, 6.07) is 9.81. The van der Waals surface area contributed by atoms with Crippen LogP contribution in [0.3, 0.4) is 0 Å². The van der Waals surface area contributed by atoms with Gasteiger partial charge in [-0.05, 0) is 36.2 Å². The van der Waals surface area contributed by atoms with Crippen molar-refractivity contribution in [2.75, 3.05) is 0 Å². The number of aryl methyl sites for hydroxylation is 1. The molecule has 0 aliphatic heterocycles. The van der Waals surface area contributed by atoms with Crippen LogP contribution in [0.2, 0.25) is 0 Å². The van der Waals surface area contributed by atoms with Gasteiger partial charge < -0.3 is 4.98 Å². The van der Waals surface area contributed by atoms with E-state index in [-0.39, 0.29) is 11.4 Å². The molecule has 0 aliphatic rings. The van der Waals surface area contributed by atoms with Gasteiger partial charge in [0.1, 0.15) is 17.4 Å². The number of pyridine rings is 1. The Morgan fingerprint density at radius 1 is 1.39 bits per heavy atom. The molecule has 4 heteroatoms. The van der Waals surface area contributed by atoms with Crippen molar-refractivity contribution >= 4 is 0 Å². The van der Waals surface area contributed by atoms with Crippen LogP contribution in [-0.4, -0.2) is 4.98 Å². The number of rotatable bonds is 2. The van der Waals surface area contributed by atoms with Gasteiger partial charge in [-0.2, -0.15) is 5.26 Å². The van der Waals surface area contributed by atoms with Crippen LogP contribution in [0.5, 0.6) is 0 Å². The highest BCUT2D eigenvalue weighted by Crippen LogP contribution is 2.10. The lowest BCUT2D eigenvalue weighted by molar-refractivity contribution is 0.626. The Morgan fingerprint density at radius 3 is 2.78 bits per heavy atom. The Hall–Kier alpha value is -2.41. The summed E-state index contributed by atoms with van der Waals surface area (Å²) >= 11 is 0. The molecule has 1 aromatic heterocycles. The van der Waals surface area contributed by atoms with Crippen LogP contribution in [0.15, 0.2) is 35.1 Å². The molecular formula is C14H11FN2O. The van der Waals surface area contributed by atoms with Gasteiger partial charge >= 0.3 is 0 Å². The van der Waals surface area contributed by atoms with Crippen LogP contribution in [0.4, 0.5) is 4.39 Å². The number of H-pyrrole nitrogens is 1. The van der Waals surface area contributed by atoms with Crippen molar-refractivity contribution in [2.45, 2.75) is 13.3 Å². The lowest BCUT2D eigenvalue weighted by Crippen LogP contribution is -2.14. The Morgan fingerprint density at radius 2 is 2.17 bits per heavy atom. The van der Waals surface area contributed by atoms with Gasteiger partial charge in [-0.3, -0.25) is 4.79 Å². The zero-order valence-electron chi connectivity index (χ0n) is 9.83. The first-order chi connectivity index (χ1) is 8.60. The molecule has 0 bridgehead atoms. The lowest BCUT2D eigenvalue weighted by Gasteiger charge is -2.04. The van der Waals surface area contributed by atoms with E-state index >= 15 is 0 Å². The van der Waals surface area contributed by atoms with Crippen LogP contribution < -0.4 is 5.56 Å². The molecule has 0 aliphatic carbocycles. The highest BCUT2D eigenvalue weighted by molar-refractivity contribution is 5.36. The van der Waals surface area contributed by atoms with Crippen LogP contribution in [-0.2, 0) is 6.42 Å². The number of aromatic nitrogens is 1. The highest BCUT2D eigenvalue weighted by atomic mass is 19.1. The van der Waals surface area contributed by atoms with Gasteiger partial charge in [0.15, 0.2) is 0 Å². The van der Waals surface area contributed by atoms with E-state index in [1.54, 1.807) is 25.1 Å². The van der Waals surface area contributed by atoms with Gasteiger partial charge in [0.05, 0.1) is 0 Å². The summed E-state index contributed by atoms with van der Waals surface area (Å²) in [6.45, 7) is 1.71. The monoisotopic (exact) mass is 242 g/mol. The largest absolute Gasteiger partial charge is 0.325 e. The second-order valence-corrected chi connectivity index (χ2v) is 4.10. The van der Waals surface area contributed by atoms with Gasteiger partial charge in [-0.25, -0.2) is 4.39 Å². The summed E-state index contributed by atoms with van der Waals surface area (Å²) in [5.74, 6) is -0.305. The van der Waals surface area contributed by atoms with E-state index in [0.717, 1.165) is 5.56 Å². The lowest BCUT2D eigenvalue weighted by atomic mass is 10.1. The van der Waals surface area contributed by atoms with Crippen molar-refractivity contribution in [3.8, 4) is 6.07 Å². The molecule has 1 heterocycles. The van der Waals surface area contributed by atoms with Gasteiger partial charge in [0.2, 0.25) is 0 Å². The SMILES string of the molecule is Cc1cc(Cc2cccc(F)c2)[nH]c(=O)c1C#N. The van der Waals surface area contributed by atoms with Crippen LogP contribution in [0, 0.1) is 24.1 Å². The molecule has 2 aromatic rings. The molecule has 0 unspecified atom stereocenters. The fraction of sp³-hybridized carbons (Fsp3) is 0.143. The molecule has 2 rings (SSSR count). The summed E-state index contributed by atoms with van der Waals surface area (Å²) in [5.41, 5.74) is 1.80. The zero-order valence-corrected chi connectivity index (χ0v) is 9.83. The van der Waals surface area contributed by atoms with E-state index in [1.165, 1.54) is 12.1 Å². The summed E-state index contributed by atoms with van der Waals surface area (Å²) < 4.78 is 13.0. The normalized spacial score (nSPS) is 10.1. The minimum absolute atomic E-state index is 0.123. The van der Waals surface area contributed by atoms with Crippen LogP contribution in [0.1, 0.15) is 22.4 Å². The van der Waals surface area contributed by atoms with E-state index in [2.05, 4.69) is 4.98 Å². The van der Waals surface area contributed by atoms with Crippen LogP contribution >= 0.6 is 0 Å². The molecule has 1 aromatic carbocycles. The van der Waals surface area contributed by atoms with Crippen LogP contribution in [0.25, 0.3) is 0 Å². The zero-order chi connectivity index (χ0) is 13.1. The minimum atomic E-state index is -0.399. The molecule has 0 radical (unpaired) electrons. The fourth-order valence-electron chi connectivity index (χ4n) is 1.86. The van der Waals surface area contributed by atoms with E-state index in [9.17, 15) is 9.18 Å². The second-order valence-electron chi connectivity index (χ2n) is 4.10. The first kappa shape index (κ1) is 12.1. The molecule has 0 atom stereocenters. The van der Waals surface area contributed by atoms with Crippen molar-refractivity contribution in [3.63, 3.8) is 0 Å². The predicted molar refractivity (Wildman–Crippen MR) is 65.7 cm³/mol. The van der Waals surface area contributed by atoms with E-state index in [0.29, 0.717) is 17.7 Å². The Bertz CT molecular complexity index is 683. The maximum Gasteiger partial charge on any atom is 0.266 e. The van der Waals surface area contributed by atoms with E-state index in [1.807, 2.05) is 6.07 Å². The smallest absolute Gasteiger partial charge is 0.266 e. The number of nitriles is 1. The van der Waals surface area contributed by atoms with E-state index in [4.69, 9.17) is 5.26 Å². The summed E-state index contributed by atoms with van der Waals surface area (Å²) in [7, 11) is 0.